The molecule has 0 spiro atoms. The molecule has 2 aliphatic carbocycles. The summed E-state index contributed by atoms with van der Waals surface area (Å²) >= 11 is -4.19. The molecule has 0 heterocycles. The molecule has 1 nitrogen and oxygen atoms in total. The van der Waals surface area contributed by atoms with Crippen LogP contribution in [0.4, 0.5) is 0 Å². The van der Waals surface area contributed by atoms with Crippen LogP contribution >= 0.6 is 12.4 Å². The summed E-state index contributed by atoms with van der Waals surface area (Å²) in [7, 11) is 1.96. The van der Waals surface area contributed by atoms with E-state index >= 15 is 0 Å². The van der Waals surface area contributed by atoms with Crippen LogP contribution in [0.15, 0.2) is 41.0 Å². The van der Waals surface area contributed by atoms with Crippen molar-refractivity contribution in [1.29, 1.82) is 0 Å². The summed E-state index contributed by atoms with van der Waals surface area (Å²) in [6.45, 7) is 16.0. The molecule has 23 heavy (non-hydrogen) atoms. The zero-order valence-electron chi connectivity index (χ0n) is 16.3. The Morgan fingerprint density at radius 3 is 1.35 bits per heavy atom. The van der Waals surface area contributed by atoms with Crippen molar-refractivity contribution in [2.75, 3.05) is 7.11 Å². The molecule has 0 aromatic heterocycles. The molecule has 2 rings (SSSR count). The molecule has 0 aliphatic heterocycles. The van der Waals surface area contributed by atoms with Gasteiger partial charge in [0.25, 0.3) is 0 Å². The van der Waals surface area contributed by atoms with Gasteiger partial charge in [-0.25, -0.2) is 0 Å². The minimum Gasteiger partial charge on any atom is -0.147 e. The van der Waals surface area contributed by atoms with Gasteiger partial charge in [0.15, 0.2) is 0 Å². The number of hydrogen-bond acceptors (Lipinski definition) is 1. The number of allylic oxidation sites excluding steroid dienone is 8. The molecular weight excluding hydrogens is 399 g/mol. The summed E-state index contributed by atoms with van der Waals surface area (Å²) in [4.78, 5) is 0. The van der Waals surface area contributed by atoms with Gasteiger partial charge in [-0.05, 0) is 0 Å². The Kier molecular flexibility index (Phi) is 5.25. The van der Waals surface area contributed by atoms with Crippen LogP contribution in [0.5, 0.6) is 0 Å². The zero-order valence-corrected chi connectivity index (χ0v) is 21.0. The van der Waals surface area contributed by atoms with Gasteiger partial charge in [-0.1, -0.05) is 0 Å². The van der Waals surface area contributed by atoms with Crippen LogP contribution in [0.25, 0.3) is 0 Å². The Labute approximate surface area is 148 Å². The van der Waals surface area contributed by atoms with E-state index in [1.165, 1.54) is 22.3 Å². The fourth-order valence-electron chi connectivity index (χ4n) is 5.58. The monoisotopic (exact) mass is 431 g/mol. The van der Waals surface area contributed by atoms with Gasteiger partial charge in [0.1, 0.15) is 0 Å². The third-order valence-electron chi connectivity index (χ3n) is 6.67. The second-order valence-electron chi connectivity index (χ2n) is 9.06. The smallest absolute Gasteiger partial charge is 0.147 e. The quantitative estimate of drug-likeness (QED) is 0.529. The number of rotatable bonds is 3. The Hall–Kier alpha value is 0.310. The van der Waals surface area contributed by atoms with Crippen molar-refractivity contribution < 1.29 is 19.2 Å². The normalized spacial score (nSPS) is 28.2. The van der Waals surface area contributed by atoms with Crippen LogP contribution in [0.2, 0.25) is 9.26 Å². The van der Waals surface area contributed by atoms with Crippen molar-refractivity contribution in [3.63, 3.8) is 0 Å². The van der Waals surface area contributed by atoms with Gasteiger partial charge in [0.05, 0.1) is 0 Å². The van der Waals surface area contributed by atoms with Crippen molar-refractivity contribution in [3.05, 3.63) is 41.0 Å². The minimum atomic E-state index is -4.19. The first-order valence-electron chi connectivity index (χ1n) is 8.43. The molecule has 2 unspecified atom stereocenters. The molecule has 0 bridgehead atoms. The Balaban J connectivity index is 0.00000264. The Morgan fingerprint density at radius 1 is 0.870 bits per heavy atom. The summed E-state index contributed by atoms with van der Waals surface area (Å²) in [5.74, 6) is 0.996. The van der Waals surface area contributed by atoms with Gasteiger partial charge in [0, 0.05) is 0 Å². The van der Waals surface area contributed by atoms with E-state index in [0.717, 1.165) is 0 Å². The van der Waals surface area contributed by atoms with Crippen molar-refractivity contribution in [2.24, 2.45) is 11.8 Å². The average Bonchev–Trinajstić information content (AvgIpc) is 2.78. The molecule has 0 saturated heterocycles. The molecule has 0 aromatic carbocycles. The fourth-order valence-corrected chi connectivity index (χ4v) is 30.5. The van der Waals surface area contributed by atoms with Crippen LogP contribution in [-0.4, -0.2) is 14.0 Å². The molecule has 0 amide bonds. The van der Waals surface area contributed by atoms with Crippen molar-refractivity contribution in [3.8, 4) is 0 Å². The number of hydrogen-bond donors (Lipinski definition) is 0. The van der Waals surface area contributed by atoms with E-state index in [1.54, 1.807) is 6.56 Å². The van der Waals surface area contributed by atoms with E-state index in [9.17, 15) is 0 Å². The molecule has 131 valence electrons. The van der Waals surface area contributed by atoms with Gasteiger partial charge in [-0.3, -0.25) is 0 Å². The SMILES string of the molecule is C[O][Zr]([CH3])([CH3])(=[SiH2])([C]1=C(C)C=C(C)C1C)[C]1=C(C)C=C(C)C1C.Cl. The molecule has 2 atom stereocenters. The maximum Gasteiger partial charge on any atom is -0.147 e. The van der Waals surface area contributed by atoms with Gasteiger partial charge in [-0.2, -0.15) is 0 Å². The second-order valence-corrected chi connectivity index (χ2v) is 43.9. The van der Waals surface area contributed by atoms with Crippen LogP contribution in [0.3, 0.4) is 0 Å². The molecule has 0 aromatic rings. The predicted octanol–water partition coefficient (Wildman–Crippen LogP) is 5.58. The first-order chi connectivity index (χ1) is 9.79. The summed E-state index contributed by atoms with van der Waals surface area (Å²) in [6, 6.07) is 0. The molecular formula is C19H34ClOSiZr. The first-order valence-corrected chi connectivity index (χ1v) is 22.7. The maximum atomic E-state index is 6.69. The molecule has 0 fully saturated rings. The molecule has 4 heteroatoms. The summed E-state index contributed by atoms with van der Waals surface area (Å²) in [6.07, 6.45) is 4.76. The average molecular weight is 433 g/mol. The summed E-state index contributed by atoms with van der Waals surface area (Å²) in [5.41, 5.74) is 5.85. The van der Waals surface area contributed by atoms with E-state index in [0.29, 0.717) is 11.8 Å². The first kappa shape index (κ1) is 21.4. The molecule has 0 radical (unpaired) electrons. The van der Waals surface area contributed by atoms with E-state index in [4.69, 9.17) is 2.81 Å². The van der Waals surface area contributed by atoms with Crippen molar-refractivity contribution >= 4 is 19.3 Å². The van der Waals surface area contributed by atoms with E-state index < -0.39 is 16.4 Å². The third-order valence-corrected chi connectivity index (χ3v) is 30.3. The largest absolute Gasteiger partial charge is 0.147 e. The second kappa shape index (κ2) is 5.66. The molecule has 2 aliphatic rings. The third kappa shape index (κ3) is 2.80. The standard InChI is InChI=1S/2C8H11.CH3O.2CH3.ClH.H2Si.Zr/c2*1-6-4-7(2)8(3)5-6;1-2;;;;;/h2*4,8H,1-3H3;1H3;2*1H3;1H;1H2;/q;;-1;;;;;+1. The summed E-state index contributed by atoms with van der Waals surface area (Å²) < 4.78 is 14.9. The maximum absolute atomic E-state index is 6.69. The molecule has 0 N–H and O–H groups in total. The van der Waals surface area contributed by atoms with Crippen LogP contribution in [0, 0.1) is 11.8 Å². The van der Waals surface area contributed by atoms with Crippen LogP contribution < -0.4 is 0 Å². The molecule has 0 saturated carbocycles. The topological polar surface area (TPSA) is 9.23 Å². The Morgan fingerprint density at radius 2 is 1.17 bits per heavy atom. The number of halogens is 1. The van der Waals surface area contributed by atoms with E-state index in [1.807, 2.05) is 7.11 Å². The van der Waals surface area contributed by atoms with Gasteiger partial charge < -0.3 is 0 Å². The van der Waals surface area contributed by atoms with E-state index in [-0.39, 0.29) is 12.4 Å². The van der Waals surface area contributed by atoms with Crippen LogP contribution in [-0.2, 0) is 19.2 Å². The minimum absolute atomic E-state index is 0. The fraction of sp³-hybridized carbons (Fsp3) is 0.579. The van der Waals surface area contributed by atoms with Crippen molar-refractivity contribution in [1.82, 2.24) is 0 Å². The van der Waals surface area contributed by atoms with Gasteiger partial charge in [0.2, 0.25) is 0 Å². The van der Waals surface area contributed by atoms with Gasteiger partial charge in [-0.15, -0.1) is 12.4 Å². The van der Waals surface area contributed by atoms with Crippen molar-refractivity contribution in [2.45, 2.75) is 50.8 Å². The van der Waals surface area contributed by atoms with Crippen LogP contribution in [0.1, 0.15) is 41.5 Å². The predicted molar refractivity (Wildman–Crippen MR) is 106 cm³/mol. The Bertz CT molecular complexity index is 719. The summed E-state index contributed by atoms with van der Waals surface area (Å²) in [5, 5.41) is 0. The zero-order chi connectivity index (χ0) is 17.1. The van der Waals surface area contributed by atoms with E-state index in [2.05, 4.69) is 69.8 Å². The van der Waals surface area contributed by atoms with Gasteiger partial charge >= 0.3 is 137 Å².